The first-order valence-corrected chi connectivity index (χ1v) is 7.45. The maximum absolute atomic E-state index is 11.6. The fourth-order valence-corrected chi connectivity index (χ4v) is 2.18. The van der Waals surface area contributed by atoms with Crippen LogP contribution in [0.1, 0.15) is 38.1 Å². The average Bonchev–Trinajstić information content (AvgIpc) is 2.83. The second kappa shape index (κ2) is 6.55. The lowest BCUT2D eigenvalue weighted by atomic mass is 10.0. The minimum Gasteiger partial charge on any atom is -0.444 e. The number of hydrogen-bond acceptors (Lipinski definition) is 5. The van der Waals surface area contributed by atoms with Crippen molar-refractivity contribution < 1.29 is 19.7 Å². The number of aromatic amines is 1. The Morgan fingerprint density at radius 3 is 2.74 bits per heavy atom. The van der Waals surface area contributed by atoms with Gasteiger partial charge in [-0.15, -0.1) is 0 Å². The van der Waals surface area contributed by atoms with E-state index in [1.54, 1.807) is 32.9 Å². The Balaban J connectivity index is 1.98. The molecular weight excluding hydrogens is 298 g/mol. The van der Waals surface area contributed by atoms with Crippen LogP contribution in [0.15, 0.2) is 18.2 Å². The molecule has 0 saturated carbocycles. The van der Waals surface area contributed by atoms with Crippen molar-refractivity contribution in [3.05, 3.63) is 29.5 Å². The van der Waals surface area contributed by atoms with E-state index in [0.29, 0.717) is 11.1 Å². The van der Waals surface area contributed by atoms with Gasteiger partial charge in [-0.2, -0.15) is 5.10 Å². The van der Waals surface area contributed by atoms with Gasteiger partial charge in [-0.3, -0.25) is 5.10 Å². The number of alkyl carbamates (subject to hydrolysis) is 1. The van der Waals surface area contributed by atoms with Crippen molar-refractivity contribution in [1.82, 2.24) is 15.5 Å². The Labute approximate surface area is 134 Å². The molecule has 0 radical (unpaired) electrons. The normalized spacial score (nSPS) is 14.5. The number of aromatic nitrogens is 2. The van der Waals surface area contributed by atoms with Crippen molar-refractivity contribution in [3.63, 3.8) is 0 Å². The zero-order chi connectivity index (χ0) is 17.2. The van der Waals surface area contributed by atoms with Gasteiger partial charge >= 0.3 is 6.09 Å². The van der Waals surface area contributed by atoms with Gasteiger partial charge in [-0.1, -0.05) is 12.1 Å². The molecular formula is C16H23N3O4. The van der Waals surface area contributed by atoms with Crippen LogP contribution in [0, 0.1) is 6.92 Å². The van der Waals surface area contributed by atoms with Crippen LogP contribution in [-0.4, -0.2) is 44.8 Å². The number of aliphatic hydroxyl groups is 2. The number of rotatable bonds is 4. The van der Waals surface area contributed by atoms with Gasteiger partial charge in [-0.05, 0) is 39.3 Å². The van der Waals surface area contributed by atoms with Gasteiger partial charge < -0.3 is 20.3 Å². The van der Waals surface area contributed by atoms with Gasteiger partial charge in [0.2, 0.25) is 0 Å². The van der Waals surface area contributed by atoms with E-state index in [1.807, 2.05) is 13.0 Å². The molecule has 7 heteroatoms. The molecule has 2 unspecified atom stereocenters. The molecule has 1 heterocycles. The molecule has 0 aliphatic rings. The molecule has 0 spiro atoms. The summed E-state index contributed by atoms with van der Waals surface area (Å²) in [5.41, 5.74) is 1.57. The largest absolute Gasteiger partial charge is 0.444 e. The molecule has 126 valence electrons. The maximum Gasteiger partial charge on any atom is 0.407 e. The number of nitrogens with zero attached hydrogens (tertiary/aromatic N) is 1. The van der Waals surface area contributed by atoms with Crippen molar-refractivity contribution in [1.29, 1.82) is 0 Å². The minimum absolute atomic E-state index is 0.117. The van der Waals surface area contributed by atoms with Crippen molar-refractivity contribution in [2.45, 2.75) is 45.5 Å². The third kappa shape index (κ3) is 4.43. The summed E-state index contributed by atoms with van der Waals surface area (Å²) in [5, 5.41) is 30.7. The third-order valence-corrected chi connectivity index (χ3v) is 3.33. The van der Waals surface area contributed by atoms with Crippen molar-refractivity contribution in [2.75, 3.05) is 6.54 Å². The molecule has 1 aromatic heterocycles. The van der Waals surface area contributed by atoms with Crippen LogP contribution in [0.25, 0.3) is 10.9 Å². The molecule has 0 fully saturated rings. The van der Waals surface area contributed by atoms with Crippen LogP contribution < -0.4 is 5.32 Å². The van der Waals surface area contributed by atoms with E-state index >= 15 is 0 Å². The monoisotopic (exact) mass is 321 g/mol. The lowest BCUT2D eigenvalue weighted by molar-refractivity contribution is 0.0130. The van der Waals surface area contributed by atoms with Gasteiger partial charge in [0.1, 0.15) is 17.8 Å². The fourth-order valence-electron chi connectivity index (χ4n) is 2.18. The van der Waals surface area contributed by atoms with Gasteiger partial charge in [0.15, 0.2) is 0 Å². The van der Waals surface area contributed by atoms with Crippen LogP contribution in [0.2, 0.25) is 0 Å². The van der Waals surface area contributed by atoms with Crippen LogP contribution in [0.3, 0.4) is 0 Å². The Morgan fingerprint density at radius 1 is 1.39 bits per heavy atom. The molecule has 2 atom stereocenters. The van der Waals surface area contributed by atoms with E-state index in [0.717, 1.165) is 11.1 Å². The number of amides is 1. The highest BCUT2D eigenvalue weighted by Crippen LogP contribution is 2.23. The van der Waals surface area contributed by atoms with E-state index in [9.17, 15) is 15.0 Å². The van der Waals surface area contributed by atoms with Crippen LogP contribution >= 0.6 is 0 Å². The Kier molecular flexibility index (Phi) is 4.91. The van der Waals surface area contributed by atoms with E-state index in [4.69, 9.17) is 4.74 Å². The molecule has 2 aromatic rings. The van der Waals surface area contributed by atoms with E-state index < -0.39 is 23.9 Å². The first kappa shape index (κ1) is 17.2. The summed E-state index contributed by atoms with van der Waals surface area (Å²) in [4.78, 5) is 11.6. The highest BCUT2D eigenvalue weighted by atomic mass is 16.6. The quantitative estimate of drug-likeness (QED) is 0.687. The maximum atomic E-state index is 11.6. The summed E-state index contributed by atoms with van der Waals surface area (Å²) in [7, 11) is 0. The molecule has 0 saturated heterocycles. The molecule has 0 aliphatic heterocycles. The number of aliphatic hydroxyl groups excluding tert-OH is 2. The second-order valence-corrected chi connectivity index (χ2v) is 6.52. The number of ether oxygens (including phenoxy) is 1. The minimum atomic E-state index is -1.15. The number of benzene rings is 1. The highest BCUT2D eigenvalue weighted by molar-refractivity contribution is 5.81. The average molecular weight is 321 g/mol. The number of aryl methyl sites for hydroxylation is 1. The first-order valence-electron chi connectivity index (χ1n) is 7.45. The lowest BCUT2D eigenvalue weighted by Gasteiger charge is -2.22. The van der Waals surface area contributed by atoms with Gasteiger partial charge in [0, 0.05) is 17.6 Å². The zero-order valence-electron chi connectivity index (χ0n) is 13.8. The van der Waals surface area contributed by atoms with Crippen molar-refractivity contribution in [3.8, 4) is 0 Å². The number of H-pyrrole nitrogens is 1. The topological polar surface area (TPSA) is 107 Å². The highest BCUT2D eigenvalue weighted by Gasteiger charge is 2.22. The standard InChI is InChI=1S/C16H23N3O4/c1-9-11-6-5-10(7-12(11)19-18-9)14(21)13(20)8-17-15(22)23-16(2,3)4/h5-7,13-14,20-21H,8H2,1-4H3,(H,17,22)(H,18,19). The van der Waals surface area contributed by atoms with Crippen molar-refractivity contribution >= 4 is 17.0 Å². The zero-order valence-corrected chi connectivity index (χ0v) is 13.8. The molecule has 2 rings (SSSR count). The number of nitrogens with one attached hydrogen (secondary N) is 2. The summed E-state index contributed by atoms with van der Waals surface area (Å²) >= 11 is 0. The predicted molar refractivity (Wildman–Crippen MR) is 86.0 cm³/mol. The number of fused-ring (bicyclic) bond motifs is 1. The predicted octanol–water partition coefficient (Wildman–Crippen LogP) is 1.79. The van der Waals surface area contributed by atoms with Gasteiger partial charge in [0.25, 0.3) is 0 Å². The summed E-state index contributed by atoms with van der Waals surface area (Å²) in [6.45, 7) is 7.04. The summed E-state index contributed by atoms with van der Waals surface area (Å²) in [6, 6.07) is 5.27. The number of carbonyl (C=O) groups is 1. The Bertz CT molecular complexity index is 690. The molecule has 4 N–H and O–H groups in total. The fraction of sp³-hybridized carbons (Fsp3) is 0.500. The lowest BCUT2D eigenvalue weighted by Crippen LogP contribution is -2.38. The molecule has 7 nitrogen and oxygen atoms in total. The molecule has 0 aliphatic carbocycles. The Hall–Kier alpha value is -2.12. The number of hydrogen-bond donors (Lipinski definition) is 4. The van der Waals surface area contributed by atoms with Crippen LogP contribution in [-0.2, 0) is 4.74 Å². The SMILES string of the molecule is Cc1[nH]nc2cc(C(O)C(O)CNC(=O)OC(C)(C)C)ccc12. The summed E-state index contributed by atoms with van der Waals surface area (Å²) < 4.78 is 5.08. The summed E-state index contributed by atoms with van der Waals surface area (Å²) in [5.74, 6) is 0. The van der Waals surface area contributed by atoms with Crippen molar-refractivity contribution in [2.24, 2.45) is 0 Å². The van der Waals surface area contributed by atoms with E-state index in [1.165, 1.54) is 0 Å². The second-order valence-electron chi connectivity index (χ2n) is 6.52. The van der Waals surface area contributed by atoms with Gasteiger partial charge in [-0.25, -0.2) is 4.79 Å². The first-order chi connectivity index (χ1) is 10.7. The third-order valence-electron chi connectivity index (χ3n) is 3.33. The summed E-state index contributed by atoms with van der Waals surface area (Å²) in [6.07, 6.45) is -2.92. The molecule has 1 amide bonds. The van der Waals surface area contributed by atoms with Crippen LogP contribution in [0.4, 0.5) is 4.79 Å². The molecule has 0 bridgehead atoms. The van der Waals surface area contributed by atoms with Gasteiger partial charge in [0.05, 0.1) is 5.52 Å². The van der Waals surface area contributed by atoms with Crippen LogP contribution in [0.5, 0.6) is 0 Å². The van der Waals surface area contributed by atoms with E-state index in [-0.39, 0.29) is 6.54 Å². The molecule has 1 aromatic carbocycles. The van der Waals surface area contributed by atoms with E-state index in [2.05, 4.69) is 15.5 Å². The Morgan fingerprint density at radius 2 is 2.09 bits per heavy atom. The number of carbonyl (C=O) groups excluding carboxylic acids is 1. The molecule has 23 heavy (non-hydrogen) atoms. The smallest absolute Gasteiger partial charge is 0.407 e.